The summed E-state index contributed by atoms with van der Waals surface area (Å²) in [5.74, 6) is -1.35. The average molecular weight is 463 g/mol. The minimum absolute atomic E-state index is 0.00162. The van der Waals surface area contributed by atoms with E-state index >= 15 is 0 Å². The number of nitrogens with zero attached hydrogens (tertiary/aromatic N) is 1. The molecule has 176 valence electrons. The highest BCUT2D eigenvalue weighted by molar-refractivity contribution is 5.87. The van der Waals surface area contributed by atoms with Crippen molar-refractivity contribution in [3.63, 3.8) is 0 Å². The normalized spacial score (nSPS) is 14.1. The Balaban J connectivity index is 1.31. The van der Waals surface area contributed by atoms with E-state index in [0.717, 1.165) is 22.3 Å². The molecule has 2 atom stereocenters. The number of nitrogens with one attached hydrogen (secondary N) is 1. The lowest BCUT2D eigenvalue weighted by molar-refractivity contribution is 0.0124. The second kappa shape index (κ2) is 10.0. The summed E-state index contributed by atoms with van der Waals surface area (Å²) >= 11 is 0. The Morgan fingerprint density at radius 1 is 1.06 bits per heavy atom. The third-order valence-corrected chi connectivity index (χ3v) is 5.99. The first-order valence-electron chi connectivity index (χ1n) is 11.0. The predicted molar refractivity (Wildman–Crippen MR) is 125 cm³/mol. The molecular weight excluding hydrogens is 436 g/mol. The van der Waals surface area contributed by atoms with Crippen LogP contribution >= 0.6 is 0 Å². The summed E-state index contributed by atoms with van der Waals surface area (Å²) in [6.07, 6.45) is -2.01. The average Bonchev–Trinajstić information content (AvgIpc) is 3.15. The molecule has 34 heavy (non-hydrogen) atoms. The molecule has 0 aliphatic heterocycles. The van der Waals surface area contributed by atoms with Crippen LogP contribution in [-0.2, 0) is 4.74 Å². The first-order chi connectivity index (χ1) is 16.4. The first kappa shape index (κ1) is 23.4. The van der Waals surface area contributed by atoms with E-state index in [-0.39, 0.29) is 36.7 Å². The topological polar surface area (TPSA) is 129 Å². The van der Waals surface area contributed by atoms with E-state index in [2.05, 4.69) is 22.4 Å². The fraction of sp³-hybridized carbons (Fsp3) is 0.269. The smallest absolute Gasteiger partial charge is 0.407 e. The Bertz CT molecular complexity index is 1170. The molecular formula is C26H26N2O6. The lowest BCUT2D eigenvalue weighted by atomic mass is 9.98. The van der Waals surface area contributed by atoms with Crippen molar-refractivity contribution in [1.29, 1.82) is 0 Å². The molecule has 3 aromatic rings. The van der Waals surface area contributed by atoms with Crippen LogP contribution in [0.4, 0.5) is 4.79 Å². The number of amides is 1. The molecule has 0 spiro atoms. The fourth-order valence-electron chi connectivity index (χ4n) is 4.33. The molecule has 8 heteroatoms. The Kier molecular flexibility index (Phi) is 6.90. The van der Waals surface area contributed by atoms with Crippen molar-refractivity contribution in [2.75, 3.05) is 13.2 Å². The molecule has 0 saturated carbocycles. The molecule has 1 aliphatic carbocycles. The van der Waals surface area contributed by atoms with Gasteiger partial charge in [-0.3, -0.25) is 0 Å². The van der Waals surface area contributed by atoms with Crippen LogP contribution in [0.5, 0.6) is 0 Å². The van der Waals surface area contributed by atoms with Crippen molar-refractivity contribution in [3.8, 4) is 11.1 Å². The van der Waals surface area contributed by atoms with Crippen molar-refractivity contribution in [2.24, 2.45) is 0 Å². The Morgan fingerprint density at radius 2 is 1.68 bits per heavy atom. The molecule has 4 rings (SSSR count). The lowest BCUT2D eigenvalue weighted by Gasteiger charge is -2.20. The quantitative estimate of drug-likeness (QED) is 0.404. The van der Waals surface area contributed by atoms with Gasteiger partial charge in [0.15, 0.2) is 5.69 Å². The van der Waals surface area contributed by atoms with E-state index in [4.69, 9.17) is 4.74 Å². The minimum atomic E-state index is -1.46. The number of carbonyl (C=O) groups is 2. The van der Waals surface area contributed by atoms with Gasteiger partial charge in [0, 0.05) is 24.2 Å². The van der Waals surface area contributed by atoms with E-state index in [0.29, 0.717) is 5.56 Å². The predicted octanol–water partition coefficient (Wildman–Crippen LogP) is 3.41. The van der Waals surface area contributed by atoms with Crippen LogP contribution in [0.3, 0.4) is 0 Å². The zero-order chi connectivity index (χ0) is 24.2. The van der Waals surface area contributed by atoms with Gasteiger partial charge in [-0.15, -0.1) is 0 Å². The number of hydrogen-bond donors (Lipinski definition) is 4. The maximum atomic E-state index is 12.3. The second-order valence-corrected chi connectivity index (χ2v) is 8.31. The highest BCUT2D eigenvalue weighted by atomic mass is 16.5. The SMILES string of the molecule is Cc1cnc(C(=O)O)c(C(O)C(O)CCNC(=O)OCC2c3ccccc3-c3ccccc32)c1. The Morgan fingerprint density at radius 3 is 2.29 bits per heavy atom. The van der Waals surface area contributed by atoms with E-state index < -0.39 is 24.3 Å². The molecule has 0 saturated heterocycles. The number of benzene rings is 2. The van der Waals surface area contributed by atoms with Gasteiger partial charge in [-0.25, -0.2) is 14.6 Å². The molecule has 0 bridgehead atoms. The first-order valence-corrected chi connectivity index (χ1v) is 11.0. The summed E-state index contributed by atoms with van der Waals surface area (Å²) in [6, 6.07) is 17.5. The summed E-state index contributed by atoms with van der Waals surface area (Å²) in [5.41, 5.74) is 4.85. The molecule has 1 aliphatic rings. The summed E-state index contributed by atoms with van der Waals surface area (Å²) in [5, 5.41) is 32.6. The molecule has 0 radical (unpaired) electrons. The summed E-state index contributed by atoms with van der Waals surface area (Å²) in [6.45, 7) is 1.92. The molecule has 8 nitrogen and oxygen atoms in total. The maximum Gasteiger partial charge on any atom is 0.407 e. The molecule has 1 aromatic heterocycles. The van der Waals surface area contributed by atoms with Crippen LogP contribution in [0.1, 0.15) is 51.2 Å². The van der Waals surface area contributed by atoms with Crippen LogP contribution in [0.2, 0.25) is 0 Å². The van der Waals surface area contributed by atoms with Gasteiger partial charge >= 0.3 is 12.1 Å². The third kappa shape index (κ3) is 4.78. The van der Waals surface area contributed by atoms with Gasteiger partial charge in [-0.05, 0) is 47.2 Å². The highest BCUT2D eigenvalue weighted by Crippen LogP contribution is 2.44. The van der Waals surface area contributed by atoms with E-state index in [1.54, 1.807) is 6.92 Å². The summed E-state index contributed by atoms with van der Waals surface area (Å²) in [4.78, 5) is 27.5. The number of alkyl carbamates (subject to hydrolysis) is 1. The number of aliphatic hydroxyl groups is 2. The standard InChI is InChI=1S/C26H26N2O6/c1-15-12-20(23(25(31)32)28-13-15)24(30)22(29)10-11-27-26(33)34-14-21-18-8-4-2-6-16(18)17-7-3-5-9-19(17)21/h2-9,12-13,21-22,24,29-30H,10-11,14H2,1H3,(H,27,33)(H,31,32). The van der Waals surface area contributed by atoms with Crippen molar-refractivity contribution in [3.05, 3.63) is 88.7 Å². The van der Waals surface area contributed by atoms with Gasteiger partial charge in [0.25, 0.3) is 0 Å². The molecule has 2 unspecified atom stereocenters. The Labute approximate surface area is 196 Å². The molecule has 0 fully saturated rings. The van der Waals surface area contributed by atoms with E-state index in [1.807, 2.05) is 36.4 Å². The Hall–Kier alpha value is -3.75. The lowest BCUT2D eigenvalue weighted by Crippen LogP contribution is -2.31. The zero-order valence-corrected chi connectivity index (χ0v) is 18.6. The van der Waals surface area contributed by atoms with Crippen molar-refractivity contribution in [2.45, 2.75) is 31.5 Å². The number of carboxylic acids is 1. The maximum absolute atomic E-state index is 12.3. The number of carboxylic acid groups (broad SMARTS) is 1. The molecule has 4 N–H and O–H groups in total. The van der Waals surface area contributed by atoms with Crippen LogP contribution in [0.25, 0.3) is 11.1 Å². The van der Waals surface area contributed by atoms with E-state index in [1.165, 1.54) is 12.3 Å². The van der Waals surface area contributed by atoms with Crippen molar-refractivity contribution < 1.29 is 29.6 Å². The van der Waals surface area contributed by atoms with Crippen LogP contribution in [-0.4, -0.2) is 51.6 Å². The largest absolute Gasteiger partial charge is 0.477 e. The molecule has 2 aromatic carbocycles. The number of rotatable bonds is 8. The van der Waals surface area contributed by atoms with Crippen LogP contribution < -0.4 is 5.32 Å². The zero-order valence-electron chi connectivity index (χ0n) is 18.6. The number of carbonyl (C=O) groups excluding carboxylic acids is 1. The van der Waals surface area contributed by atoms with Crippen LogP contribution in [0.15, 0.2) is 60.8 Å². The van der Waals surface area contributed by atoms with Gasteiger partial charge < -0.3 is 25.4 Å². The van der Waals surface area contributed by atoms with E-state index in [9.17, 15) is 24.9 Å². The van der Waals surface area contributed by atoms with Crippen molar-refractivity contribution >= 4 is 12.1 Å². The number of aryl methyl sites for hydroxylation is 1. The monoisotopic (exact) mass is 462 g/mol. The number of fused-ring (bicyclic) bond motifs is 3. The number of hydrogen-bond acceptors (Lipinski definition) is 6. The van der Waals surface area contributed by atoms with Gasteiger partial charge in [0.2, 0.25) is 0 Å². The fourth-order valence-corrected chi connectivity index (χ4v) is 4.33. The molecule has 1 heterocycles. The summed E-state index contributed by atoms with van der Waals surface area (Å²) in [7, 11) is 0. The van der Waals surface area contributed by atoms with Crippen molar-refractivity contribution in [1.82, 2.24) is 10.3 Å². The number of ether oxygens (including phenoxy) is 1. The summed E-state index contributed by atoms with van der Waals surface area (Å²) < 4.78 is 5.45. The van der Waals surface area contributed by atoms with Gasteiger partial charge in [-0.2, -0.15) is 0 Å². The van der Waals surface area contributed by atoms with Gasteiger partial charge in [0.1, 0.15) is 12.7 Å². The second-order valence-electron chi connectivity index (χ2n) is 8.31. The van der Waals surface area contributed by atoms with Crippen LogP contribution in [0, 0.1) is 6.92 Å². The third-order valence-electron chi connectivity index (χ3n) is 5.99. The number of aromatic carboxylic acids is 1. The number of aliphatic hydroxyl groups excluding tert-OH is 2. The van der Waals surface area contributed by atoms with Gasteiger partial charge in [-0.1, -0.05) is 48.5 Å². The molecule has 1 amide bonds. The number of pyridine rings is 1. The highest BCUT2D eigenvalue weighted by Gasteiger charge is 2.29. The number of aromatic nitrogens is 1. The minimum Gasteiger partial charge on any atom is -0.477 e. The van der Waals surface area contributed by atoms with Gasteiger partial charge in [0.05, 0.1) is 6.10 Å².